The minimum absolute atomic E-state index is 0.225. The number of para-hydroxylation sites is 2. The highest BCUT2D eigenvalue weighted by atomic mass is 32.2. The lowest BCUT2D eigenvalue weighted by atomic mass is 10.2. The Hall–Kier alpha value is -3.26. The van der Waals surface area contributed by atoms with Crippen molar-refractivity contribution in [2.75, 3.05) is 19.8 Å². The van der Waals surface area contributed by atoms with E-state index in [-0.39, 0.29) is 11.0 Å². The monoisotopic (exact) mass is 455 g/mol. The van der Waals surface area contributed by atoms with E-state index < -0.39 is 23.7 Å². The topological polar surface area (TPSA) is 82.1 Å². The van der Waals surface area contributed by atoms with Crippen molar-refractivity contribution in [3.63, 3.8) is 0 Å². The molecule has 0 aliphatic carbocycles. The second-order valence-corrected chi connectivity index (χ2v) is 8.02. The van der Waals surface area contributed by atoms with Gasteiger partial charge in [0.25, 0.3) is 11.1 Å². The largest absolute Gasteiger partial charge is 0.490 e. The first kappa shape index (κ1) is 23.4. The molecule has 3 rings (SSSR count). The van der Waals surface area contributed by atoms with E-state index in [1.807, 2.05) is 49.4 Å². The molecule has 1 aliphatic rings. The zero-order valence-electron chi connectivity index (χ0n) is 18.0. The van der Waals surface area contributed by atoms with Crippen LogP contribution < -0.4 is 9.47 Å². The van der Waals surface area contributed by atoms with Crippen molar-refractivity contribution < 1.29 is 28.6 Å². The Labute approximate surface area is 191 Å². The number of ether oxygens (including phenoxy) is 3. The van der Waals surface area contributed by atoms with Crippen LogP contribution in [0.4, 0.5) is 4.79 Å². The summed E-state index contributed by atoms with van der Waals surface area (Å²) in [4.78, 5) is 38.1. The van der Waals surface area contributed by atoms with Gasteiger partial charge in [-0.25, -0.2) is 0 Å². The summed E-state index contributed by atoms with van der Waals surface area (Å²) in [5.41, 5.74) is 0.653. The maximum absolute atomic E-state index is 12.7. The zero-order chi connectivity index (χ0) is 22.9. The second-order valence-electron chi connectivity index (χ2n) is 7.02. The normalized spacial score (nSPS) is 15.7. The fraction of sp³-hybridized carbons (Fsp3) is 0.292. The molecule has 32 heavy (non-hydrogen) atoms. The quantitative estimate of drug-likeness (QED) is 0.296. The van der Waals surface area contributed by atoms with E-state index in [9.17, 15) is 14.4 Å². The standard InChI is InChI=1S/C24H25NO6S/c1-3-17(2)31-22(26)16-25-23(27)21(32-24(25)28)15-18-9-7-8-12-20(18)30-14-13-29-19-10-5-4-6-11-19/h4-12,15,17H,3,13-14,16H2,1-2H3/b21-15+/t17-/m0/s1. The van der Waals surface area contributed by atoms with E-state index >= 15 is 0 Å². The molecule has 7 nitrogen and oxygen atoms in total. The second kappa shape index (κ2) is 11.4. The smallest absolute Gasteiger partial charge is 0.326 e. The molecule has 0 unspecified atom stereocenters. The van der Waals surface area contributed by atoms with E-state index in [0.29, 0.717) is 30.9 Å². The molecule has 1 aliphatic heterocycles. The maximum atomic E-state index is 12.7. The molecule has 168 valence electrons. The van der Waals surface area contributed by atoms with Gasteiger partial charge in [0.2, 0.25) is 0 Å². The summed E-state index contributed by atoms with van der Waals surface area (Å²) >= 11 is 0.788. The molecule has 2 amide bonds. The van der Waals surface area contributed by atoms with Crippen molar-refractivity contribution >= 4 is 35.0 Å². The highest BCUT2D eigenvalue weighted by molar-refractivity contribution is 8.18. The average Bonchev–Trinajstić information content (AvgIpc) is 3.05. The predicted octanol–water partition coefficient (Wildman–Crippen LogP) is 4.52. The van der Waals surface area contributed by atoms with Crippen molar-refractivity contribution in [2.45, 2.75) is 26.4 Å². The summed E-state index contributed by atoms with van der Waals surface area (Å²) in [5.74, 6) is 0.186. The first-order valence-corrected chi connectivity index (χ1v) is 11.1. The number of carbonyl (C=O) groups is 3. The van der Waals surface area contributed by atoms with Crippen molar-refractivity contribution in [1.29, 1.82) is 0 Å². The minimum Gasteiger partial charge on any atom is -0.490 e. The summed E-state index contributed by atoms with van der Waals surface area (Å²) < 4.78 is 16.6. The third-order valence-corrected chi connectivity index (χ3v) is 5.53. The van der Waals surface area contributed by atoms with Gasteiger partial charge in [-0.05, 0) is 49.4 Å². The van der Waals surface area contributed by atoms with E-state index in [4.69, 9.17) is 14.2 Å². The summed E-state index contributed by atoms with van der Waals surface area (Å²) in [6.45, 7) is 3.90. The van der Waals surface area contributed by atoms with Gasteiger partial charge in [-0.2, -0.15) is 0 Å². The Kier molecular flexibility index (Phi) is 8.33. The highest BCUT2D eigenvalue weighted by Gasteiger charge is 2.37. The van der Waals surface area contributed by atoms with Crippen LogP contribution in [0, 0.1) is 0 Å². The summed E-state index contributed by atoms with van der Waals surface area (Å²) in [7, 11) is 0. The summed E-state index contributed by atoms with van der Waals surface area (Å²) in [6.07, 6.45) is 1.98. The maximum Gasteiger partial charge on any atom is 0.326 e. The Morgan fingerprint density at radius 3 is 2.47 bits per heavy atom. The third-order valence-electron chi connectivity index (χ3n) is 4.63. The van der Waals surface area contributed by atoms with Gasteiger partial charge in [0, 0.05) is 5.56 Å². The van der Waals surface area contributed by atoms with Crippen molar-refractivity contribution in [2.24, 2.45) is 0 Å². The molecular weight excluding hydrogens is 430 g/mol. The third kappa shape index (κ3) is 6.37. The van der Waals surface area contributed by atoms with Crippen molar-refractivity contribution in [3.05, 3.63) is 65.1 Å². The molecule has 1 saturated heterocycles. The van der Waals surface area contributed by atoms with E-state index in [2.05, 4.69) is 0 Å². The lowest BCUT2D eigenvalue weighted by Gasteiger charge is -2.15. The first-order valence-electron chi connectivity index (χ1n) is 10.3. The number of amides is 2. The predicted molar refractivity (Wildman–Crippen MR) is 122 cm³/mol. The molecule has 0 spiro atoms. The number of benzene rings is 2. The molecule has 0 saturated carbocycles. The molecule has 2 aromatic carbocycles. The minimum atomic E-state index is -0.606. The van der Waals surface area contributed by atoms with Crippen molar-refractivity contribution in [1.82, 2.24) is 4.90 Å². The molecule has 0 aromatic heterocycles. The number of nitrogens with zero attached hydrogens (tertiary/aromatic N) is 1. The number of imide groups is 1. The number of hydrogen-bond acceptors (Lipinski definition) is 7. The molecular formula is C24H25NO6S. The van der Waals surface area contributed by atoms with Crippen LogP contribution in [0.3, 0.4) is 0 Å². The molecule has 1 fully saturated rings. The lowest BCUT2D eigenvalue weighted by molar-refractivity contribution is -0.150. The average molecular weight is 456 g/mol. The van der Waals surface area contributed by atoms with Crippen molar-refractivity contribution in [3.8, 4) is 11.5 Å². The van der Waals surface area contributed by atoms with Crippen LogP contribution in [0.5, 0.6) is 11.5 Å². The molecule has 8 heteroatoms. The Morgan fingerprint density at radius 2 is 1.72 bits per heavy atom. The van der Waals surface area contributed by atoms with Gasteiger partial charge < -0.3 is 14.2 Å². The molecule has 1 atom stereocenters. The van der Waals surface area contributed by atoms with Crippen LogP contribution in [-0.4, -0.2) is 47.9 Å². The first-order chi connectivity index (χ1) is 15.5. The van der Waals surface area contributed by atoms with Crippen LogP contribution in [0.15, 0.2) is 59.5 Å². The van der Waals surface area contributed by atoms with E-state index in [1.54, 1.807) is 25.1 Å². The van der Waals surface area contributed by atoms with Gasteiger partial charge in [-0.3, -0.25) is 19.3 Å². The van der Waals surface area contributed by atoms with E-state index in [1.165, 1.54) is 0 Å². The molecule has 2 aromatic rings. The molecule has 0 N–H and O–H groups in total. The lowest BCUT2D eigenvalue weighted by Crippen LogP contribution is -2.35. The van der Waals surface area contributed by atoms with Gasteiger partial charge >= 0.3 is 5.97 Å². The van der Waals surface area contributed by atoms with Gasteiger partial charge in [0.15, 0.2) is 0 Å². The Bertz CT molecular complexity index is 991. The number of thioether (sulfide) groups is 1. The SMILES string of the molecule is CC[C@H](C)OC(=O)CN1C(=O)S/C(=C/c2ccccc2OCCOc2ccccc2)C1=O. The van der Waals surface area contributed by atoms with Crippen LogP contribution in [0.1, 0.15) is 25.8 Å². The van der Waals surface area contributed by atoms with Gasteiger partial charge in [0.05, 0.1) is 11.0 Å². The van der Waals surface area contributed by atoms with Crippen LogP contribution >= 0.6 is 11.8 Å². The fourth-order valence-electron chi connectivity index (χ4n) is 2.81. The highest BCUT2D eigenvalue weighted by Crippen LogP contribution is 2.34. The number of esters is 1. The summed E-state index contributed by atoms with van der Waals surface area (Å²) in [6, 6.07) is 16.6. The number of carbonyl (C=O) groups excluding carboxylic acids is 3. The van der Waals surface area contributed by atoms with E-state index in [0.717, 1.165) is 22.4 Å². The molecule has 0 radical (unpaired) electrons. The molecule has 0 bridgehead atoms. The van der Waals surface area contributed by atoms with Gasteiger partial charge in [0.1, 0.15) is 31.3 Å². The molecule has 1 heterocycles. The van der Waals surface area contributed by atoms with Gasteiger partial charge in [-0.15, -0.1) is 0 Å². The van der Waals surface area contributed by atoms with Gasteiger partial charge in [-0.1, -0.05) is 43.3 Å². The number of hydrogen-bond donors (Lipinski definition) is 0. The van der Waals surface area contributed by atoms with Crippen LogP contribution in [0.25, 0.3) is 6.08 Å². The Morgan fingerprint density at radius 1 is 1.03 bits per heavy atom. The summed E-state index contributed by atoms with van der Waals surface area (Å²) in [5, 5.41) is -0.503. The fourth-order valence-corrected chi connectivity index (χ4v) is 3.64. The zero-order valence-corrected chi connectivity index (χ0v) is 18.8. The number of rotatable bonds is 10. The Balaban J connectivity index is 1.62. The van der Waals surface area contributed by atoms with Crippen LogP contribution in [0.2, 0.25) is 0 Å². The van der Waals surface area contributed by atoms with Crippen LogP contribution in [-0.2, 0) is 14.3 Å².